The number of fused-ring (bicyclic) bond motifs is 3. The first-order valence-corrected chi connectivity index (χ1v) is 38.5. The number of anilines is 3. The summed E-state index contributed by atoms with van der Waals surface area (Å²) in [4.78, 5) is 34.3. The van der Waals surface area contributed by atoms with Crippen molar-refractivity contribution in [2.45, 2.75) is 33.0 Å². The molecule has 0 unspecified atom stereocenters. The first kappa shape index (κ1) is 75.5. The molecule has 6 aliphatic heterocycles. The number of aromatic nitrogens is 10. The third-order valence-corrected chi connectivity index (χ3v) is 22.2. The van der Waals surface area contributed by atoms with E-state index in [4.69, 9.17) is 19.7 Å². The van der Waals surface area contributed by atoms with Gasteiger partial charge in [0.25, 0.3) is 0 Å². The van der Waals surface area contributed by atoms with Crippen molar-refractivity contribution < 1.29 is 22.3 Å². The Morgan fingerprint density at radius 3 is 1.12 bits per heavy atom. The molecule has 10 aromatic heterocycles. The van der Waals surface area contributed by atoms with Gasteiger partial charge >= 0.3 is 0 Å². The minimum absolute atomic E-state index is 0.118. The fraction of sp³-hybridized carbons (Fsp3) is 0.287. The second kappa shape index (κ2) is 34.2. The van der Waals surface area contributed by atoms with Crippen LogP contribution >= 0.6 is 0 Å². The lowest BCUT2D eigenvalue weighted by molar-refractivity contribution is 0.242. The second-order valence-electron chi connectivity index (χ2n) is 29.0. The molecule has 16 heterocycles. The summed E-state index contributed by atoms with van der Waals surface area (Å²) in [6.07, 6.45) is 25.9. The van der Waals surface area contributed by atoms with Gasteiger partial charge in [-0.25, -0.2) is 51.0 Å². The molecule has 6 aliphatic rings. The van der Waals surface area contributed by atoms with Crippen molar-refractivity contribution in [3.63, 3.8) is 0 Å². The molecule has 2 N–H and O–H groups in total. The van der Waals surface area contributed by atoms with Gasteiger partial charge in [-0.3, -0.25) is 19.6 Å². The summed E-state index contributed by atoms with van der Waals surface area (Å²) < 4.78 is 66.8. The summed E-state index contributed by atoms with van der Waals surface area (Å²) in [7, 11) is 1.63. The Balaban J connectivity index is 0.000000129. The number of nitrogens with one attached hydrogen (secondary N) is 2. The highest BCUT2D eigenvalue weighted by molar-refractivity contribution is 5.90. The van der Waals surface area contributed by atoms with E-state index >= 15 is 0 Å². The van der Waals surface area contributed by atoms with Crippen molar-refractivity contribution in [2.24, 2.45) is 0 Å². The molecule has 23 nitrogen and oxygen atoms in total. The summed E-state index contributed by atoms with van der Waals surface area (Å²) in [6, 6.07) is 37.5. The molecule has 18 rings (SSSR count). The number of rotatable bonds is 17. The van der Waals surface area contributed by atoms with Gasteiger partial charge in [-0.15, -0.1) is 0 Å². The highest BCUT2D eigenvalue weighted by Gasteiger charge is 2.27. The van der Waals surface area contributed by atoms with E-state index in [1.807, 2.05) is 82.7 Å². The van der Waals surface area contributed by atoms with Crippen LogP contribution in [-0.2, 0) is 19.6 Å². The molecule has 27 heteroatoms. The third-order valence-electron chi connectivity index (χ3n) is 22.2. The SMILES string of the molecule is CCN1CC=C(c2cc(-c3ccc(N4CCN(Cc5c(F)cccc5F)CC4)nc3)c3c(C#N)cnn3c2)CC1.COc1ccc(CN2CCN(c3ccc(-c4cc(C5=CCNC5)cn5ncc(C#N)c45)cn3)CC2)cn1.N#Cc1cnn2cc(C3=CCNC3)cc(-c3ccc(N4CCN(Cc5c(F)cccc5F)CC4)nc3)c12. The standard InChI is InChI=1S/C31H31F2N7.C28H25F2N7.C28H28N8O/c1-2-37-10-8-22(9-11-37)24-16-26(31-25(17-34)19-36-40(31)20-24)23-6-7-30(35-18-23)39-14-12-38(13-15-39)21-27-28(32)4-3-5-29(27)33;29-25-2-1-3-26(30)24(25)18-35-8-10-36(11-9-35)27-5-4-20(15-33-27)23-12-21(19-6-7-32-14-19)17-37-28(23)22(13-31)16-34-37;1-37-27-5-2-20(14-32-27)18-34-8-10-35(11-9-34)26-4-3-22(16-31-26)25-12-23(21-6-7-30-15-21)19-36-28(25)24(13-29)17-33-36/h3-8,16,18-20H,2,9-15,21H2,1H3;1-6,12,15-17,32H,7-11,14,18H2;2-6,12,14,16-17,19,30H,7-11,15,18H2,1H3. The molecule has 0 bridgehead atoms. The summed E-state index contributed by atoms with van der Waals surface area (Å²) in [5.41, 5.74) is 18.0. The Hall–Kier alpha value is -12.5. The molecule has 0 amide bonds. The summed E-state index contributed by atoms with van der Waals surface area (Å²) in [6.45, 7) is 19.2. The number of ether oxygens (including phenoxy) is 1. The predicted molar refractivity (Wildman–Crippen MR) is 432 cm³/mol. The summed E-state index contributed by atoms with van der Waals surface area (Å²) in [5.74, 6) is 1.31. The molecule has 12 aromatic rings. The van der Waals surface area contributed by atoms with Crippen molar-refractivity contribution >= 4 is 50.7 Å². The van der Waals surface area contributed by atoms with Crippen LogP contribution in [0.5, 0.6) is 5.88 Å². The van der Waals surface area contributed by atoms with Crippen molar-refractivity contribution in [2.75, 3.05) is 146 Å². The Morgan fingerprint density at radius 2 is 0.807 bits per heavy atom. The maximum absolute atomic E-state index is 14.1. The molecule has 114 heavy (non-hydrogen) atoms. The lowest BCUT2D eigenvalue weighted by Crippen LogP contribution is -2.46. The number of hydrogen-bond acceptors (Lipinski definition) is 20. The van der Waals surface area contributed by atoms with E-state index in [0.29, 0.717) is 74.9 Å². The first-order chi connectivity index (χ1) is 55.8. The lowest BCUT2D eigenvalue weighted by atomic mass is 9.96. The van der Waals surface area contributed by atoms with E-state index in [9.17, 15) is 33.3 Å². The van der Waals surface area contributed by atoms with Gasteiger partial charge in [0.15, 0.2) is 0 Å². The van der Waals surface area contributed by atoms with E-state index in [-0.39, 0.29) is 24.2 Å². The maximum Gasteiger partial charge on any atom is 0.212 e. The van der Waals surface area contributed by atoms with Crippen LogP contribution in [0.1, 0.15) is 63.4 Å². The Kier molecular flexibility index (Phi) is 22.7. The topological polar surface area (TPSA) is 231 Å². The molecule has 0 aliphatic carbocycles. The van der Waals surface area contributed by atoms with E-state index in [2.05, 4.69) is 145 Å². The van der Waals surface area contributed by atoms with E-state index in [1.165, 1.54) is 58.7 Å². The van der Waals surface area contributed by atoms with Crippen LogP contribution in [0.25, 0.3) is 66.7 Å². The van der Waals surface area contributed by atoms with Crippen LogP contribution in [0.3, 0.4) is 0 Å². The van der Waals surface area contributed by atoms with Gasteiger partial charge in [0.05, 0.1) is 58.9 Å². The number of hydrogen-bond donors (Lipinski definition) is 2. The number of pyridine rings is 7. The van der Waals surface area contributed by atoms with Gasteiger partial charge in [-0.2, -0.15) is 31.1 Å². The van der Waals surface area contributed by atoms with E-state index in [1.54, 1.807) is 30.2 Å². The fourth-order valence-electron chi connectivity index (χ4n) is 15.7. The number of nitrogens with zero attached hydrogens (tertiary/aromatic N) is 20. The van der Waals surface area contributed by atoms with E-state index in [0.717, 1.165) is 169 Å². The lowest BCUT2D eigenvalue weighted by Gasteiger charge is -2.35. The normalized spacial score (nSPS) is 16.4. The third kappa shape index (κ3) is 16.4. The molecule has 576 valence electrons. The van der Waals surface area contributed by atoms with Gasteiger partial charge in [0.2, 0.25) is 5.88 Å². The summed E-state index contributed by atoms with van der Waals surface area (Å²) in [5, 5.41) is 49.1. The molecule has 0 spiro atoms. The quantitative estimate of drug-likeness (QED) is 0.0807. The molecule has 0 saturated carbocycles. The maximum atomic E-state index is 14.1. The van der Waals surface area contributed by atoms with Gasteiger partial charge in [-0.1, -0.05) is 43.4 Å². The Bertz CT molecular complexity index is 5680. The monoisotopic (exact) mass is 1530 g/mol. The molecule has 0 radical (unpaired) electrons. The molecule has 3 saturated heterocycles. The van der Waals surface area contributed by atoms with Crippen molar-refractivity contribution in [1.82, 2.24) is 79.0 Å². The van der Waals surface area contributed by atoms with Crippen molar-refractivity contribution in [3.05, 3.63) is 257 Å². The second-order valence-corrected chi connectivity index (χ2v) is 29.0. The molecule has 3 fully saturated rings. The first-order valence-electron chi connectivity index (χ1n) is 38.5. The van der Waals surface area contributed by atoms with Crippen molar-refractivity contribution in [1.29, 1.82) is 15.8 Å². The number of benzene rings is 2. The van der Waals surface area contributed by atoms with Gasteiger partial charge in [0, 0.05) is 231 Å². The zero-order chi connectivity index (χ0) is 78.2. The minimum Gasteiger partial charge on any atom is -0.481 e. The molecular formula is C87H84F4N22O. The van der Waals surface area contributed by atoms with Gasteiger partial charge in [0.1, 0.15) is 58.9 Å². The zero-order valence-electron chi connectivity index (χ0n) is 63.4. The number of halogens is 4. The van der Waals surface area contributed by atoms with E-state index < -0.39 is 23.3 Å². The number of likely N-dealkylation sites (N-methyl/N-ethyl adjacent to an activating group) is 1. The van der Waals surface area contributed by atoms with Crippen molar-refractivity contribution in [3.8, 4) is 57.5 Å². The molecule has 0 atom stereocenters. The van der Waals surface area contributed by atoms with Crippen LogP contribution in [0.4, 0.5) is 35.0 Å². The average Bonchev–Trinajstić information content (AvgIpc) is 1.58. The number of methoxy groups -OCH3 is 1. The summed E-state index contributed by atoms with van der Waals surface area (Å²) >= 11 is 0. The molecular weight excluding hydrogens is 1450 g/mol. The van der Waals surface area contributed by atoms with Gasteiger partial charge < -0.3 is 30.1 Å². The molecule has 2 aromatic carbocycles. The largest absolute Gasteiger partial charge is 0.481 e. The Labute approximate surface area is 657 Å². The fourth-order valence-corrected chi connectivity index (χ4v) is 15.7. The zero-order valence-corrected chi connectivity index (χ0v) is 63.4. The average molecular weight is 1530 g/mol. The van der Waals surface area contributed by atoms with Crippen LogP contribution in [0, 0.1) is 57.3 Å². The highest BCUT2D eigenvalue weighted by atomic mass is 19.1. The highest BCUT2D eigenvalue weighted by Crippen LogP contribution is 2.37. The number of nitriles is 3. The smallest absolute Gasteiger partial charge is 0.212 e. The predicted octanol–water partition coefficient (Wildman–Crippen LogP) is 11.8. The van der Waals surface area contributed by atoms with Crippen LogP contribution < -0.4 is 30.1 Å². The van der Waals surface area contributed by atoms with Gasteiger partial charge in [-0.05, 0) is 131 Å². The number of piperazine rings is 3. The van der Waals surface area contributed by atoms with Crippen LogP contribution in [-0.4, -0.2) is 200 Å². The van der Waals surface area contributed by atoms with Crippen LogP contribution in [0.15, 0.2) is 183 Å². The Morgan fingerprint density at radius 1 is 0.412 bits per heavy atom. The minimum atomic E-state index is -0.504. The van der Waals surface area contributed by atoms with Crippen LogP contribution in [0.2, 0.25) is 0 Å².